The van der Waals surface area contributed by atoms with Crippen molar-refractivity contribution in [1.29, 1.82) is 0 Å². The van der Waals surface area contributed by atoms with E-state index < -0.39 is 56.1 Å². The van der Waals surface area contributed by atoms with Gasteiger partial charge in [-0.05, 0) is 25.1 Å². The van der Waals surface area contributed by atoms with Crippen LogP contribution >= 0.6 is 0 Å². The largest absolute Gasteiger partial charge is 0.408 e. The molecule has 0 spiro atoms. The lowest BCUT2D eigenvalue weighted by Crippen LogP contribution is -2.53. The van der Waals surface area contributed by atoms with Crippen molar-refractivity contribution in [3.05, 3.63) is 32.9 Å². The highest BCUT2D eigenvalue weighted by molar-refractivity contribution is 6.74. The standard InChI is InChI=1S/C16H26F2N2O5Si/c1-15(2,3)26(5,6)25-11-10(18)13(24-16(11,4)8-21)20-7-9(17)12(22)19-14(20)23/h7,10-11,13,21H,8H2,1-6H3,(H,19,22,23)/t10-,11?,13+,16+/m0/s1. The van der Waals surface area contributed by atoms with E-state index in [1.807, 2.05) is 33.9 Å². The predicted molar refractivity (Wildman–Crippen MR) is 93.9 cm³/mol. The van der Waals surface area contributed by atoms with Crippen molar-refractivity contribution in [2.45, 2.75) is 69.9 Å². The Morgan fingerprint density at radius 1 is 1.42 bits per heavy atom. The zero-order chi connectivity index (χ0) is 20.1. The average Bonchev–Trinajstić information content (AvgIpc) is 2.75. The summed E-state index contributed by atoms with van der Waals surface area (Å²) in [5.41, 5.74) is -3.62. The molecule has 0 aromatic carbocycles. The van der Waals surface area contributed by atoms with Crippen LogP contribution < -0.4 is 11.2 Å². The second kappa shape index (κ2) is 6.66. The number of hydrogen-bond acceptors (Lipinski definition) is 5. The second-order valence-corrected chi connectivity index (χ2v) is 13.1. The van der Waals surface area contributed by atoms with Crippen molar-refractivity contribution in [2.75, 3.05) is 6.61 Å². The first-order valence-corrected chi connectivity index (χ1v) is 11.3. The molecule has 1 aromatic heterocycles. The van der Waals surface area contributed by atoms with Gasteiger partial charge >= 0.3 is 5.69 Å². The number of aliphatic hydroxyl groups excluding tert-OH is 1. The van der Waals surface area contributed by atoms with Crippen LogP contribution in [0.5, 0.6) is 0 Å². The highest BCUT2D eigenvalue weighted by Gasteiger charge is 2.57. The molecule has 0 amide bonds. The first-order chi connectivity index (χ1) is 11.7. The summed E-state index contributed by atoms with van der Waals surface area (Å²) < 4.78 is 41.2. The van der Waals surface area contributed by atoms with Gasteiger partial charge in [0.15, 0.2) is 20.7 Å². The molecule has 1 unspecified atom stereocenters. The number of ether oxygens (including phenoxy) is 1. The van der Waals surface area contributed by atoms with E-state index in [1.54, 1.807) is 4.98 Å². The van der Waals surface area contributed by atoms with E-state index in [9.17, 15) is 19.1 Å². The third-order valence-electron chi connectivity index (χ3n) is 5.29. The molecule has 1 aliphatic rings. The Bertz CT molecular complexity index is 788. The van der Waals surface area contributed by atoms with Gasteiger partial charge in [-0.25, -0.2) is 9.18 Å². The van der Waals surface area contributed by atoms with Gasteiger partial charge in [0.25, 0.3) is 5.56 Å². The summed E-state index contributed by atoms with van der Waals surface area (Å²) in [4.78, 5) is 24.9. The van der Waals surface area contributed by atoms with E-state index in [1.165, 1.54) is 6.92 Å². The topological polar surface area (TPSA) is 93.6 Å². The molecule has 0 aliphatic carbocycles. The van der Waals surface area contributed by atoms with Crippen LogP contribution in [-0.2, 0) is 9.16 Å². The number of nitrogens with zero attached hydrogens (tertiary/aromatic N) is 1. The average molecular weight is 392 g/mol. The number of rotatable bonds is 4. The fourth-order valence-corrected chi connectivity index (χ4v) is 3.93. The van der Waals surface area contributed by atoms with Gasteiger partial charge in [-0.15, -0.1) is 0 Å². The van der Waals surface area contributed by atoms with Gasteiger partial charge in [0.05, 0.1) is 12.8 Å². The van der Waals surface area contributed by atoms with E-state index in [-0.39, 0.29) is 5.04 Å². The summed E-state index contributed by atoms with van der Waals surface area (Å²) in [5.74, 6) is -1.24. The summed E-state index contributed by atoms with van der Waals surface area (Å²) in [6, 6.07) is 0. The maximum atomic E-state index is 15.2. The minimum atomic E-state index is -2.43. The molecule has 2 N–H and O–H groups in total. The molecule has 0 saturated carbocycles. The monoisotopic (exact) mass is 392 g/mol. The first kappa shape index (κ1) is 20.9. The van der Waals surface area contributed by atoms with Gasteiger partial charge in [-0.3, -0.25) is 14.3 Å². The van der Waals surface area contributed by atoms with E-state index >= 15 is 4.39 Å². The summed E-state index contributed by atoms with van der Waals surface area (Å²) in [6.07, 6.45) is -3.92. The number of alkyl halides is 1. The van der Waals surface area contributed by atoms with Crippen LogP contribution in [0, 0.1) is 5.82 Å². The minimum absolute atomic E-state index is 0.220. The predicted octanol–water partition coefficient (Wildman–Crippen LogP) is 1.68. The molecule has 10 heteroatoms. The molecule has 0 bridgehead atoms. The second-order valence-electron chi connectivity index (χ2n) is 8.37. The van der Waals surface area contributed by atoms with E-state index in [2.05, 4.69) is 0 Å². The maximum Gasteiger partial charge on any atom is 0.330 e. The van der Waals surface area contributed by atoms with Gasteiger partial charge in [-0.1, -0.05) is 20.8 Å². The third kappa shape index (κ3) is 3.55. The van der Waals surface area contributed by atoms with Gasteiger partial charge in [0, 0.05) is 0 Å². The lowest BCUT2D eigenvalue weighted by molar-refractivity contribution is -0.115. The third-order valence-corrected chi connectivity index (χ3v) is 9.75. The number of aliphatic hydroxyl groups is 1. The molecule has 1 fully saturated rings. The number of aromatic nitrogens is 2. The number of H-pyrrole nitrogens is 1. The number of nitrogens with one attached hydrogen (secondary N) is 1. The Morgan fingerprint density at radius 2 is 2.00 bits per heavy atom. The van der Waals surface area contributed by atoms with Crippen LogP contribution in [0.1, 0.15) is 33.9 Å². The number of hydrogen-bond donors (Lipinski definition) is 2. The Balaban J connectivity index is 2.45. The van der Waals surface area contributed by atoms with Gasteiger partial charge < -0.3 is 14.3 Å². The van der Waals surface area contributed by atoms with E-state index in [0.29, 0.717) is 10.8 Å². The van der Waals surface area contributed by atoms with E-state index in [4.69, 9.17) is 9.16 Å². The Hall–Kier alpha value is -1.36. The van der Waals surface area contributed by atoms with Crippen LogP contribution in [0.15, 0.2) is 15.8 Å². The molecular weight excluding hydrogens is 366 g/mol. The molecule has 148 valence electrons. The number of halogens is 2. The van der Waals surface area contributed by atoms with Crippen LogP contribution in [0.25, 0.3) is 0 Å². The number of aromatic amines is 1. The Kier molecular flexibility index (Phi) is 5.37. The van der Waals surface area contributed by atoms with Crippen LogP contribution in [0.3, 0.4) is 0 Å². The lowest BCUT2D eigenvalue weighted by atomic mass is 9.99. The van der Waals surface area contributed by atoms with Crippen molar-refractivity contribution < 1.29 is 23.1 Å². The smallest absolute Gasteiger partial charge is 0.330 e. The first-order valence-electron chi connectivity index (χ1n) is 8.35. The molecular formula is C16H26F2N2O5Si. The molecule has 1 saturated heterocycles. The fraction of sp³-hybridized carbons (Fsp3) is 0.750. The Labute approximate surface area is 151 Å². The van der Waals surface area contributed by atoms with Crippen molar-refractivity contribution in [2.24, 2.45) is 0 Å². The highest BCUT2D eigenvalue weighted by Crippen LogP contribution is 2.45. The van der Waals surface area contributed by atoms with E-state index in [0.717, 1.165) is 0 Å². The van der Waals surface area contributed by atoms with Crippen LogP contribution in [-0.4, -0.2) is 47.5 Å². The summed E-state index contributed by atoms with van der Waals surface area (Å²) in [5, 5.41) is 9.55. The van der Waals surface area contributed by atoms with Gasteiger partial charge in [0.2, 0.25) is 5.82 Å². The zero-order valence-electron chi connectivity index (χ0n) is 15.8. The van der Waals surface area contributed by atoms with Crippen molar-refractivity contribution in [3.63, 3.8) is 0 Å². The SMILES string of the molecule is CC(C)(C)[Si](C)(C)OC1[C@H](F)[C@H](n2cc(F)c(=O)[nH]c2=O)O[C@]1(C)CO. The molecule has 7 nitrogen and oxygen atoms in total. The molecule has 4 atom stereocenters. The molecule has 1 aliphatic heterocycles. The Morgan fingerprint density at radius 3 is 2.50 bits per heavy atom. The molecule has 2 rings (SSSR count). The quantitative estimate of drug-likeness (QED) is 0.761. The fourth-order valence-electron chi connectivity index (χ4n) is 2.57. The molecule has 0 radical (unpaired) electrons. The van der Waals surface area contributed by atoms with Crippen molar-refractivity contribution in [1.82, 2.24) is 9.55 Å². The van der Waals surface area contributed by atoms with Crippen LogP contribution in [0.2, 0.25) is 18.1 Å². The normalized spacial score (nSPS) is 30.0. The highest BCUT2D eigenvalue weighted by atomic mass is 28.4. The van der Waals surface area contributed by atoms with Crippen molar-refractivity contribution in [3.8, 4) is 0 Å². The molecule has 1 aromatic rings. The van der Waals surface area contributed by atoms with Crippen molar-refractivity contribution >= 4 is 8.32 Å². The summed E-state index contributed by atoms with van der Waals surface area (Å²) in [7, 11) is -2.43. The van der Waals surface area contributed by atoms with Gasteiger partial charge in [0.1, 0.15) is 11.7 Å². The minimum Gasteiger partial charge on any atom is -0.408 e. The maximum absolute atomic E-state index is 15.2. The van der Waals surface area contributed by atoms with Crippen LogP contribution in [0.4, 0.5) is 8.78 Å². The lowest BCUT2D eigenvalue weighted by Gasteiger charge is -2.41. The summed E-state index contributed by atoms with van der Waals surface area (Å²) in [6.45, 7) is 10.7. The zero-order valence-corrected chi connectivity index (χ0v) is 16.8. The molecule has 26 heavy (non-hydrogen) atoms. The molecule has 2 heterocycles. The summed E-state index contributed by atoms with van der Waals surface area (Å²) >= 11 is 0. The van der Waals surface area contributed by atoms with Gasteiger partial charge in [-0.2, -0.15) is 4.39 Å².